The van der Waals surface area contributed by atoms with Crippen LogP contribution in [0.4, 0.5) is 0 Å². The lowest BCUT2D eigenvalue weighted by atomic mass is 10.1. The molecule has 0 spiro atoms. The van der Waals surface area contributed by atoms with E-state index in [0.717, 1.165) is 9.52 Å². The van der Waals surface area contributed by atoms with Crippen LogP contribution in [0.25, 0.3) is 10.8 Å². The summed E-state index contributed by atoms with van der Waals surface area (Å²) in [5.41, 5.74) is 0. The minimum atomic E-state index is 0.968. The molecular formula is C13H14Si. The number of rotatable bonds is 3. The molecule has 0 saturated carbocycles. The van der Waals surface area contributed by atoms with Crippen molar-refractivity contribution in [3.63, 3.8) is 0 Å². The standard InChI is InChI=1S/C13H14Si/c1-2-9-14-13-8-7-11-5-3-4-6-12(11)10-13/h3-8,10H,2,9H2,1H3. The minimum Gasteiger partial charge on any atom is -0.0657 e. The van der Waals surface area contributed by atoms with Crippen LogP contribution >= 0.6 is 0 Å². The molecule has 2 aromatic carbocycles. The van der Waals surface area contributed by atoms with Gasteiger partial charge in [0.1, 0.15) is 0 Å². The average Bonchev–Trinajstić information content (AvgIpc) is 2.26. The highest BCUT2D eigenvalue weighted by Gasteiger charge is 1.96. The highest BCUT2D eigenvalue weighted by atomic mass is 28.2. The van der Waals surface area contributed by atoms with Gasteiger partial charge < -0.3 is 0 Å². The van der Waals surface area contributed by atoms with E-state index in [1.807, 2.05) is 0 Å². The van der Waals surface area contributed by atoms with Crippen molar-refractivity contribution in [3.8, 4) is 0 Å². The third kappa shape index (κ3) is 2.04. The normalized spacial score (nSPS) is 10.6. The van der Waals surface area contributed by atoms with Crippen molar-refractivity contribution < 1.29 is 0 Å². The van der Waals surface area contributed by atoms with Crippen LogP contribution in [0.3, 0.4) is 0 Å². The van der Waals surface area contributed by atoms with E-state index >= 15 is 0 Å². The van der Waals surface area contributed by atoms with Gasteiger partial charge in [-0.1, -0.05) is 67.0 Å². The molecule has 0 nitrogen and oxygen atoms in total. The van der Waals surface area contributed by atoms with Crippen LogP contribution in [-0.2, 0) is 0 Å². The average molecular weight is 198 g/mol. The Morgan fingerprint density at radius 1 is 1.00 bits per heavy atom. The van der Waals surface area contributed by atoms with Crippen LogP contribution in [0.15, 0.2) is 42.5 Å². The highest BCUT2D eigenvalue weighted by Crippen LogP contribution is 2.10. The molecule has 70 valence electrons. The van der Waals surface area contributed by atoms with E-state index in [-0.39, 0.29) is 0 Å². The van der Waals surface area contributed by atoms with E-state index in [1.54, 1.807) is 0 Å². The molecule has 0 unspecified atom stereocenters. The highest BCUT2D eigenvalue weighted by molar-refractivity contribution is 6.53. The van der Waals surface area contributed by atoms with Crippen molar-refractivity contribution in [2.24, 2.45) is 0 Å². The van der Waals surface area contributed by atoms with Crippen LogP contribution in [0.1, 0.15) is 13.3 Å². The van der Waals surface area contributed by atoms with E-state index in [2.05, 4.69) is 49.4 Å². The van der Waals surface area contributed by atoms with Crippen molar-refractivity contribution in [2.75, 3.05) is 0 Å². The quantitative estimate of drug-likeness (QED) is 0.665. The maximum absolute atomic E-state index is 2.32. The third-order valence-electron chi connectivity index (χ3n) is 2.33. The summed E-state index contributed by atoms with van der Waals surface area (Å²) >= 11 is 0. The second kappa shape index (κ2) is 4.42. The smallest absolute Gasteiger partial charge is 0.0657 e. The maximum atomic E-state index is 2.32. The number of hydrogen-bond acceptors (Lipinski definition) is 0. The largest absolute Gasteiger partial charge is 0.0808 e. The van der Waals surface area contributed by atoms with Crippen LogP contribution in [0.2, 0.25) is 6.04 Å². The molecule has 0 aromatic heterocycles. The zero-order valence-electron chi connectivity index (χ0n) is 8.46. The summed E-state index contributed by atoms with van der Waals surface area (Å²) in [7, 11) is 0.968. The van der Waals surface area contributed by atoms with Crippen molar-refractivity contribution in [1.82, 2.24) is 0 Å². The lowest BCUT2D eigenvalue weighted by molar-refractivity contribution is 1.08. The van der Waals surface area contributed by atoms with Gasteiger partial charge in [-0.05, 0) is 10.8 Å². The van der Waals surface area contributed by atoms with E-state index in [9.17, 15) is 0 Å². The van der Waals surface area contributed by atoms with E-state index in [0.29, 0.717) is 0 Å². The molecule has 0 N–H and O–H groups in total. The van der Waals surface area contributed by atoms with Crippen LogP contribution in [0.5, 0.6) is 0 Å². The van der Waals surface area contributed by atoms with Gasteiger partial charge in [-0.2, -0.15) is 0 Å². The number of hydrogen-bond donors (Lipinski definition) is 0. The molecule has 0 aliphatic rings. The summed E-state index contributed by atoms with van der Waals surface area (Å²) < 4.78 is 0. The molecule has 0 aliphatic carbocycles. The Labute approximate surface area is 87.8 Å². The SMILES string of the molecule is CCC[Si]c1ccc2ccccc2c1. The molecule has 1 heteroatoms. The topological polar surface area (TPSA) is 0 Å². The van der Waals surface area contributed by atoms with Crippen LogP contribution in [0, 0.1) is 0 Å². The lowest BCUT2D eigenvalue weighted by Gasteiger charge is -2.01. The molecule has 0 atom stereocenters. The van der Waals surface area contributed by atoms with Crippen LogP contribution in [-0.4, -0.2) is 9.52 Å². The molecule has 0 aliphatic heterocycles. The molecule has 2 rings (SSSR count). The first-order valence-corrected chi connectivity index (χ1v) is 6.33. The molecule has 0 saturated heterocycles. The first-order valence-electron chi connectivity index (χ1n) is 5.13. The van der Waals surface area contributed by atoms with E-state index in [1.165, 1.54) is 28.4 Å². The number of fused-ring (bicyclic) bond motifs is 1. The van der Waals surface area contributed by atoms with Gasteiger partial charge in [0.25, 0.3) is 0 Å². The Kier molecular flexibility index (Phi) is 2.99. The Balaban J connectivity index is 2.32. The lowest BCUT2D eigenvalue weighted by Crippen LogP contribution is -2.12. The Bertz CT molecular complexity index is 420. The third-order valence-corrected chi connectivity index (χ3v) is 3.80. The van der Waals surface area contributed by atoms with E-state index < -0.39 is 0 Å². The van der Waals surface area contributed by atoms with Crippen LogP contribution < -0.4 is 5.19 Å². The van der Waals surface area contributed by atoms with Crippen molar-refractivity contribution in [2.45, 2.75) is 19.4 Å². The van der Waals surface area contributed by atoms with Gasteiger partial charge in [0.15, 0.2) is 0 Å². The predicted octanol–water partition coefficient (Wildman–Crippen LogP) is 3.00. The van der Waals surface area contributed by atoms with Gasteiger partial charge >= 0.3 is 0 Å². The van der Waals surface area contributed by atoms with Crippen molar-refractivity contribution in [3.05, 3.63) is 42.5 Å². The van der Waals surface area contributed by atoms with Gasteiger partial charge in [0.2, 0.25) is 0 Å². The van der Waals surface area contributed by atoms with Crippen molar-refractivity contribution >= 4 is 25.5 Å². The van der Waals surface area contributed by atoms with Gasteiger partial charge in [-0.3, -0.25) is 0 Å². The minimum absolute atomic E-state index is 0.968. The summed E-state index contributed by atoms with van der Waals surface area (Å²) in [6.07, 6.45) is 1.28. The first-order chi connectivity index (χ1) is 6.90. The molecule has 2 radical (unpaired) electrons. The zero-order valence-corrected chi connectivity index (χ0v) is 9.46. The van der Waals surface area contributed by atoms with Gasteiger partial charge in [-0.15, -0.1) is 0 Å². The monoisotopic (exact) mass is 198 g/mol. The number of benzene rings is 2. The summed E-state index contributed by atoms with van der Waals surface area (Å²) in [5, 5.41) is 4.21. The molecule has 0 bridgehead atoms. The summed E-state index contributed by atoms with van der Waals surface area (Å²) in [6, 6.07) is 16.7. The van der Waals surface area contributed by atoms with E-state index in [4.69, 9.17) is 0 Å². The molecule has 0 fully saturated rings. The fourth-order valence-electron chi connectivity index (χ4n) is 1.57. The Morgan fingerprint density at radius 2 is 1.79 bits per heavy atom. The van der Waals surface area contributed by atoms with Gasteiger partial charge in [0, 0.05) is 0 Å². The van der Waals surface area contributed by atoms with Gasteiger partial charge in [0.05, 0.1) is 9.52 Å². The predicted molar refractivity (Wildman–Crippen MR) is 64.4 cm³/mol. The molecule has 14 heavy (non-hydrogen) atoms. The Hall–Kier alpha value is -1.08. The summed E-state index contributed by atoms with van der Waals surface area (Å²) in [5.74, 6) is 0. The Morgan fingerprint density at radius 3 is 2.57 bits per heavy atom. The second-order valence-electron chi connectivity index (χ2n) is 3.49. The molecule has 0 heterocycles. The summed E-state index contributed by atoms with van der Waals surface area (Å²) in [4.78, 5) is 0. The maximum Gasteiger partial charge on any atom is 0.0808 e. The summed E-state index contributed by atoms with van der Waals surface area (Å²) in [6.45, 7) is 2.24. The zero-order chi connectivity index (χ0) is 9.80. The van der Waals surface area contributed by atoms with Gasteiger partial charge in [-0.25, -0.2) is 0 Å². The first kappa shape index (κ1) is 9.47. The molecule has 2 aromatic rings. The second-order valence-corrected chi connectivity index (χ2v) is 4.92. The molecule has 0 amide bonds. The molecular weight excluding hydrogens is 184 g/mol. The fraction of sp³-hybridized carbons (Fsp3) is 0.231. The fourth-order valence-corrected chi connectivity index (χ4v) is 2.57. The van der Waals surface area contributed by atoms with Crippen molar-refractivity contribution in [1.29, 1.82) is 0 Å².